The molecule has 5 heteroatoms. The minimum Gasteiger partial charge on any atom is -0.497 e. The van der Waals surface area contributed by atoms with Gasteiger partial charge >= 0.3 is 0 Å². The largest absolute Gasteiger partial charge is 0.497 e. The number of likely N-dealkylation sites (tertiary alicyclic amines) is 1. The number of ether oxygens (including phenoxy) is 1. The summed E-state index contributed by atoms with van der Waals surface area (Å²) in [5.74, 6) is 1.07. The van der Waals surface area contributed by atoms with E-state index in [1.165, 1.54) is 0 Å². The molecule has 0 unspecified atom stereocenters. The van der Waals surface area contributed by atoms with Crippen LogP contribution < -0.4 is 4.74 Å². The second-order valence-electron chi connectivity index (χ2n) is 6.49. The Morgan fingerprint density at radius 3 is 3.04 bits per heavy atom. The monoisotopic (exact) mass is 327 g/mol. The first-order chi connectivity index (χ1) is 11.7. The standard InChI is InChI=1S/C19H25N3O2/c1-15-12-20-22(13-15)17-6-4-10-21(14-17)19(23)9-8-16-5-3-7-18(11-16)24-2/h3,5,7,11-13,17H,4,6,8-10,14H2,1-2H3/t17-/m0/s1. The van der Waals surface area contributed by atoms with Gasteiger partial charge in [-0.15, -0.1) is 0 Å². The van der Waals surface area contributed by atoms with Gasteiger partial charge in [0.25, 0.3) is 0 Å². The molecule has 2 aromatic rings. The van der Waals surface area contributed by atoms with Crippen LogP contribution in [0.1, 0.15) is 36.4 Å². The van der Waals surface area contributed by atoms with Crippen molar-refractivity contribution in [1.29, 1.82) is 0 Å². The minimum atomic E-state index is 0.228. The number of hydrogen-bond acceptors (Lipinski definition) is 3. The molecular weight excluding hydrogens is 302 g/mol. The Kier molecular flexibility index (Phi) is 5.18. The third kappa shape index (κ3) is 3.96. The number of piperidine rings is 1. The molecule has 0 bridgehead atoms. The third-order valence-corrected chi connectivity index (χ3v) is 4.62. The highest BCUT2D eigenvalue weighted by Crippen LogP contribution is 2.22. The average molecular weight is 327 g/mol. The van der Waals surface area contributed by atoms with Crippen LogP contribution in [0.5, 0.6) is 5.75 Å². The maximum absolute atomic E-state index is 12.6. The second kappa shape index (κ2) is 7.51. The first-order valence-corrected chi connectivity index (χ1v) is 8.57. The van der Waals surface area contributed by atoms with Crippen LogP contribution in [0.15, 0.2) is 36.7 Å². The summed E-state index contributed by atoms with van der Waals surface area (Å²) in [7, 11) is 1.66. The van der Waals surface area contributed by atoms with Gasteiger partial charge in [-0.25, -0.2) is 0 Å². The molecule has 2 heterocycles. The normalized spacial score (nSPS) is 17.8. The predicted octanol–water partition coefficient (Wildman–Crippen LogP) is 3.00. The van der Waals surface area contributed by atoms with E-state index in [1.54, 1.807) is 7.11 Å². The molecule has 24 heavy (non-hydrogen) atoms. The molecule has 1 aromatic heterocycles. The van der Waals surface area contributed by atoms with E-state index in [-0.39, 0.29) is 5.91 Å². The summed E-state index contributed by atoms with van der Waals surface area (Å²) in [6, 6.07) is 8.23. The predicted molar refractivity (Wildman–Crippen MR) is 93.1 cm³/mol. The van der Waals surface area contributed by atoms with Crippen LogP contribution >= 0.6 is 0 Å². The zero-order valence-electron chi connectivity index (χ0n) is 14.4. The molecule has 1 aliphatic rings. The van der Waals surface area contributed by atoms with Gasteiger partial charge < -0.3 is 9.64 Å². The van der Waals surface area contributed by atoms with Crippen LogP contribution in [-0.4, -0.2) is 40.8 Å². The summed E-state index contributed by atoms with van der Waals surface area (Å²) in [6.07, 6.45) is 7.35. The van der Waals surface area contributed by atoms with E-state index in [9.17, 15) is 4.79 Å². The Labute approximate surface area is 143 Å². The molecule has 1 aromatic carbocycles. The summed E-state index contributed by atoms with van der Waals surface area (Å²) in [4.78, 5) is 14.6. The van der Waals surface area contributed by atoms with E-state index in [0.29, 0.717) is 12.5 Å². The lowest BCUT2D eigenvalue weighted by Crippen LogP contribution is -2.40. The van der Waals surface area contributed by atoms with Gasteiger partial charge in [0.15, 0.2) is 0 Å². The second-order valence-corrected chi connectivity index (χ2v) is 6.49. The van der Waals surface area contributed by atoms with Gasteiger partial charge in [0, 0.05) is 25.7 Å². The quantitative estimate of drug-likeness (QED) is 0.848. The number of nitrogens with zero attached hydrogens (tertiary/aromatic N) is 3. The highest BCUT2D eigenvalue weighted by atomic mass is 16.5. The fourth-order valence-corrected chi connectivity index (χ4v) is 3.27. The topological polar surface area (TPSA) is 47.4 Å². The molecule has 3 rings (SSSR count). The minimum absolute atomic E-state index is 0.228. The highest BCUT2D eigenvalue weighted by molar-refractivity contribution is 5.76. The molecule has 1 saturated heterocycles. The number of carbonyl (C=O) groups is 1. The number of aromatic nitrogens is 2. The SMILES string of the molecule is COc1cccc(CCC(=O)N2CCC[C@H](n3cc(C)cn3)C2)c1. The lowest BCUT2D eigenvalue weighted by Gasteiger charge is -2.33. The summed E-state index contributed by atoms with van der Waals surface area (Å²) in [5.41, 5.74) is 2.30. The van der Waals surface area contributed by atoms with Crippen LogP contribution in [0, 0.1) is 6.92 Å². The van der Waals surface area contributed by atoms with Gasteiger partial charge in [-0.1, -0.05) is 12.1 Å². The summed E-state index contributed by atoms with van der Waals surface area (Å²) < 4.78 is 7.25. The third-order valence-electron chi connectivity index (χ3n) is 4.62. The van der Waals surface area contributed by atoms with Gasteiger partial charge in [0.2, 0.25) is 5.91 Å². The Bertz CT molecular complexity index is 695. The Hall–Kier alpha value is -2.30. The number of amides is 1. The fourth-order valence-electron chi connectivity index (χ4n) is 3.27. The van der Waals surface area contributed by atoms with E-state index in [1.807, 2.05) is 47.0 Å². The average Bonchev–Trinajstić information content (AvgIpc) is 3.06. The van der Waals surface area contributed by atoms with Crippen molar-refractivity contribution in [2.75, 3.05) is 20.2 Å². The number of rotatable bonds is 5. The first kappa shape index (κ1) is 16.6. The number of aryl methyl sites for hydroxylation is 2. The smallest absolute Gasteiger partial charge is 0.222 e. The Morgan fingerprint density at radius 2 is 2.29 bits per heavy atom. The Balaban J connectivity index is 1.56. The molecule has 5 nitrogen and oxygen atoms in total. The van der Waals surface area contributed by atoms with Crippen LogP contribution in [0.3, 0.4) is 0 Å². The lowest BCUT2D eigenvalue weighted by atomic mass is 10.0. The fraction of sp³-hybridized carbons (Fsp3) is 0.474. The van der Waals surface area contributed by atoms with E-state index >= 15 is 0 Å². The molecular formula is C19H25N3O2. The molecule has 1 fully saturated rings. The molecule has 1 atom stereocenters. The van der Waals surface area contributed by atoms with E-state index < -0.39 is 0 Å². The molecule has 0 aliphatic carbocycles. The van der Waals surface area contributed by atoms with Crippen LogP contribution in [-0.2, 0) is 11.2 Å². The van der Waals surface area contributed by atoms with Crippen molar-refractivity contribution >= 4 is 5.91 Å². The van der Waals surface area contributed by atoms with Gasteiger partial charge in [0.05, 0.1) is 19.3 Å². The zero-order valence-corrected chi connectivity index (χ0v) is 14.4. The molecule has 0 N–H and O–H groups in total. The molecule has 0 saturated carbocycles. The summed E-state index contributed by atoms with van der Waals surface area (Å²) in [6.45, 7) is 3.66. The van der Waals surface area contributed by atoms with Crippen LogP contribution in [0.25, 0.3) is 0 Å². The maximum Gasteiger partial charge on any atom is 0.222 e. The zero-order chi connectivity index (χ0) is 16.9. The van der Waals surface area contributed by atoms with Crippen LogP contribution in [0.4, 0.5) is 0 Å². The van der Waals surface area contributed by atoms with Gasteiger partial charge in [0.1, 0.15) is 5.75 Å². The van der Waals surface area contributed by atoms with Crippen molar-refractivity contribution < 1.29 is 9.53 Å². The molecule has 128 valence electrons. The van der Waals surface area contributed by atoms with Crippen molar-refractivity contribution in [1.82, 2.24) is 14.7 Å². The molecule has 0 radical (unpaired) electrons. The Morgan fingerprint density at radius 1 is 1.42 bits per heavy atom. The van der Waals surface area contributed by atoms with E-state index in [4.69, 9.17) is 4.74 Å². The van der Waals surface area contributed by atoms with E-state index in [2.05, 4.69) is 11.3 Å². The van der Waals surface area contributed by atoms with Gasteiger partial charge in [-0.3, -0.25) is 9.48 Å². The number of benzene rings is 1. The molecule has 0 spiro atoms. The van der Waals surface area contributed by atoms with Crippen LogP contribution in [0.2, 0.25) is 0 Å². The maximum atomic E-state index is 12.6. The number of hydrogen-bond donors (Lipinski definition) is 0. The van der Waals surface area contributed by atoms with Crippen molar-refractivity contribution in [2.45, 2.75) is 38.6 Å². The van der Waals surface area contributed by atoms with Crippen molar-refractivity contribution in [3.05, 3.63) is 47.8 Å². The van der Waals surface area contributed by atoms with E-state index in [0.717, 1.165) is 49.2 Å². The molecule has 1 aliphatic heterocycles. The lowest BCUT2D eigenvalue weighted by molar-refractivity contribution is -0.132. The highest BCUT2D eigenvalue weighted by Gasteiger charge is 2.24. The van der Waals surface area contributed by atoms with Crippen molar-refractivity contribution in [2.24, 2.45) is 0 Å². The number of carbonyl (C=O) groups excluding carboxylic acids is 1. The first-order valence-electron chi connectivity index (χ1n) is 8.57. The molecule has 1 amide bonds. The van der Waals surface area contributed by atoms with Gasteiger partial charge in [-0.2, -0.15) is 5.10 Å². The summed E-state index contributed by atoms with van der Waals surface area (Å²) >= 11 is 0. The van der Waals surface area contributed by atoms with Crippen molar-refractivity contribution in [3.8, 4) is 5.75 Å². The van der Waals surface area contributed by atoms with Gasteiger partial charge in [-0.05, 0) is 49.4 Å². The number of methoxy groups -OCH3 is 1. The van der Waals surface area contributed by atoms with Crippen molar-refractivity contribution in [3.63, 3.8) is 0 Å². The summed E-state index contributed by atoms with van der Waals surface area (Å²) in [5, 5.41) is 4.41.